The van der Waals surface area contributed by atoms with Crippen LogP contribution in [0.2, 0.25) is 0 Å². The summed E-state index contributed by atoms with van der Waals surface area (Å²) in [5.41, 5.74) is 0. The van der Waals surface area contributed by atoms with Gasteiger partial charge in [-0.1, -0.05) is 20.3 Å². The Morgan fingerprint density at radius 1 is 1.24 bits per heavy atom. The third kappa shape index (κ3) is 6.61. The molecule has 1 rings (SSSR count). The van der Waals surface area contributed by atoms with E-state index in [0.29, 0.717) is 13.1 Å². The van der Waals surface area contributed by atoms with Gasteiger partial charge in [-0.25, -0.2) is 4.72 Å². The molecule has 1 aliphatic heterocycles. The molecule has 1 atom stereocenters. The molecule has 0 aromatic carbocycles. The Morgan fingerprint density at radius 3 is 2.67 bits per heavy atom. The molecule has 0 aromatic rings. The number of nitrogens with one attached hydrogen (secondary N) is 2. The second kappa shape index (κ2) is 9.74. The van der Waals surface area contributed by atoms with E-state index in [4.69, 9.17) is 0 Å². The number of nitrogens with zero attached hydrogens (tertiary/aromatic N) is 2. The maximum absolute atomic E-state index is 12.5. The zero-order chi connectivity index (χ0) is 15.7. The molecule has 0 radical (unpaired) electrons. The molecular weight excluding hydrogens is 288 g/mol. The lowest BCUT2D eigenvalue weighted by Gasteiger charge is -2.35. The van der Waals surface area contributed by atoms with E-state index in [2.05, 4.69) is 28.8 Å². The molecular formula is C14H32N4O2S. The topological polar surface area (TPSA) is 64.7 Å². The van der Waals surface area contributed by atoms with Crippen molar-refractivity contribution in [2.24, 2.45) is 0 Å². The Balaban J connectivity index is 2.51. The lowest BCUT2D eigenvalue weighted by Crippen LogP contribution is -2.53. The summed E-state index contributed by atoms with van der Waals surface area (Å²) in [4.78, 5) is 2.10. The highest BCUT2D eigenvalue weighted by Crippen LogP contribution is 2.19. The van der Waals surface area contributed by atoms with Crippen LogP contribution in [0.1, 0.15) is 39.5 Å². The van der Waals surface area contributed by atoms with E-state index in [0.717, 1.165) is 51.9 Å². The number of hydrogen-bond donors (Lipinski definition) is 2. The quantitative estimate of drug-likeness (QED) is 0.580. The van der Waals surface area contributed by atoms with Crippen molar-refractivity contribution >= 4 is 10.2 Å². The first-order valence-corrected chi connectivity index (χ1v) is 9.61. The predicted molar refractivity (Wildman–Crippen MR) is 87.6 cm³/mol. The van der Waals surface area contributed by atoms with Crippen LogP contribution in [0.5, 0.6) is 0 Å². The molecule has 0 spiro atoms. The minimum atomic E-state index is -3.36. The predicted octanol–water partition coefficient (Wildman–Crippen LogP) is 0.627. The Bertz CT molecular complexity index is 375. The van der Waals surface area contributed by atoms with Crippen LogP contribution in [-0.4, -0.2) is 70.0 Å². The Morgan fingerprint density at radius 2 is 2.00 bits per heavy atom. The van der Waals surface area contributed by atoms with Gasteiger partial charge in [0, 0.05) is 32.2 Å². The fourth-order valence-electron chi connectivity index (χ4n) is 2.55. The molecule has 6 nitrogen and oxygen atoms in total. The van der Waals surface area contributed by atoms with Crippen molar-refractivity contribution in [1.29, 1.82) is 0 Å². The standard InChI is InChI=1S/C14H32N4O2S/c1-4-9-15-13-14-8-6-7-11-18(14)21(19,20)16-10-12-17(3)5-2/h14-16H,4-13H2,1-3H3. The van der Waals surface area contributed by atoms with Gasteiger partial charge in [0.05, 0.1) is 0 Å². The number of hydrogen-bond acceptors (Lipinski definition) is 4. The normalized spacial score (nSPS) is 21.0. The highest BCUT2D eigenvalue weighted by Gasteiger charge is 2.31. The second-order valence-corrected chi connectivity index (χ2v) is 7.47. The highest BCUT2D eigenvalue weighted by atomic mass is 32.2. The van der Waals surface area contributed by atoms with Crippen LogP contribution in [0.3, 0.4) is 0 Å². The van der Waals surface area contributed by atoms with E-state index < -0.39 is 10.2 Å². The molecule has 7 heteroatoms. The van der Waals surface area contributed by atoms with E-state index in [1.165, 1.54) is 0 Å². The zero-order valence-corrected chi connectivity index (χ0v) is 14.6. The van der Waals surface area contributed by atoms with Crippen molar-refractivity contribution in [1.82, 2.24) is 19.2 Å². The molecule has 1 fully saturated rings. The van der Waals surface area contributed by atoms with Gasteiger partial charge in [0.1, 0.15) is 0 Å². The SMILES string of the molecule is CCCNCC1CCCCN1S(=O)(=O)NCCN(C)CC. The zero-order valence-electron chi connectivity index (χ0n) is 13.8. The molecule has 2 N–H and O–H groups in total. The molecule has 0 bridgehead atoms. The third-order valence-electron chi connectivity index (χ3n) is 4.01. The molecule has 0 amide bonds. The largest absolute Gasteiger partial charge is 0.315 e. The minimum absolute atomic E-state index is 0.0895. The van der Waals surface area contributed by atoms with E-state index in [1.54, 1.807) is 4.31 Å². The summed E-state index contributed by atoms with van der Waals surface area (Å²) in [6.45, 7) is 8.65. The van der Waals surface area contributed by atoms with Crippen LogP contribution in [0.4, 0.5) is 0 Å². The van der Waals surface area contributed by atoms with Crippen molar-refractivity contribution in [2.75, 3.05) is 46.3 Å². The molecule has 21 heavy (non-hydrogen) atoms. The molecule has 1 saturated heterocycles. The lowest BCUT2D eigenvalue weighted by atomic mass is 10.1. The second-order valence-electron chi connectivity index (χ2n) is 5.76. The first kappa shape index (κ1) is 18.8. The fraction of sp³-hybridized carbons (Fsp3) is 1.00. The summed E-state index contributed by atoms with van der Waals surface area (Å²) in [5, 5.41) is 3.35. The fourth-order valence-corrected chi connectivity index (χ4v) is 4.00. The van der Waals surface area contributed by atoms with Crippen molar-refractivity contribution in [3.8, 4) is 0 Å². The Hall–Kier alpha value is -0.210. The van der Waals surface area contributed by atoms with Gasteiger partial charge in [-0.05, 0) is 39.4 Å². The maximum Gasteiger partial charge on any atom is 0.279 e. The van der Waals surface area contributed by atoms with Crippen LogP contribution in [0.25, 0.3) is 0 Å². The van der Waals surface area contributed by atoms with Gasteiger partial charge in [-0.15, -0.1) is 0 Å². The van der Waals surface area contributed by atoms with Crippen LogP contribution < -0.4 is 10.0 Å². The van der Waals surface area contributed by atoms with E-state index in [-0.39, 0.29) is 6.04 Å². The van der Waals surface area contributed by atoms with Gasteiger partial charge >= 0.3 is 0 Å². The van der Waals surface area contributed by atoms with E-state index in [9.17, 15) is 8.42 Å². The smallest absolute Gasteiger partial charge is 0.279 e. The summed E-state index contributed by atoms with van der Waals surface area (Å²) in [5.74, 6) is 0. The maximum atomic E-state index is 12.5. The van der Waals surface area contributed by atoms with Crippen molar-refractivity contribution < 1.29 is 8.42 Å². The van der Waals surface area contributed by atoms with Gasteiger partial charge in [0.15, 0.2) is 0 Å². The monoisotopic (exact) mass is 320 g/mol. The minimum Gasteiger partial charge on any atom is -0.315 e. The molecule has 0 aromatic heterocycles. The van der Waals surface area contributed by atoms with Crippen molar-refractivity contribution in [2.45, 2.75) is 45.6 Å². The van der Waals surface area contributed by atoms with Crippen LogP contribution >= 0.6 is 0 Å². The van der Waals surface area contributed by atoms with Gasteiger partial charge in [-0.2, -0.15) is 12.7 Å². The average molecular weight is 321 g/mol. The molecule has 1 heterocycles. The summed E-state index contributed by atoms with van der Waals surface area (Å²) in [7, 11) is -1.36. The molecule has 126 valence electrons. The van der Waals surface area contributed by atoms with E-state index >= 15 is 0 Å². The summed E-state index contributed by atoms with van der Waals surface area (Å²) >= 11 is 0. The van der Waals surface area contributed by atoms with Gasteiger partial charge < -0.3 is 10.2 Å². The van der Waals surface area contributed by atoms with Crippen LogP contribution in [0.15, 0.2) is 0 Å². The number of rotatable bonds is 10. The molecule has 1 unspecified atom stereocenters. The molecule has 0 aliphatic carbocycles. The van der Waals surface area contributed by atoms with Gasteiger partial charge in [0.2, 0.25) is 0 Å². The van der Waals surface area contributed by atoms with E-state index in [1.807, 2.05) is 7.05 Å². The number of likely N-dealkylation sites (N-methyl/N-ethyl adjacent to an activating group) is 1. The molecule has 0 saturated carbocycles. The first-order valence-electron chi connectivity index (χ1n) is 8.17. The van der Waals surface area contributed by atoms with Crippen molar-refractivity contribution in [3.63, 3.8) is 0 Å². The lowest BCUT2D eigenvalue weighted by molar-refractivity contribution is 0.242. The summed E-state index contributed by atoms with van der Waals surface area (Å²) in [6.07, 6.45) is 4.09. The van der Waals surface area contributed by atoms with Crippen molar-refractivity contribution in [3.05, 3.63) is 0 Å². The third-order valence-corrected chi connectivity index (χ3v) is 5.67. The highest BCUT2D eigenvalue weighted by molar-refractivity contribution is 7.87. The van der Waals surface area contributed by atoms with Crippen LogP contribution in [0, 0.1) is 0 Å². The first-order chi connectivity index (χ1) is 10.0. The van der Waals surface area contributed by atoms with Gasteiger partial charge in [0.25, 0.3) is 10.2 Å². The average Bonchev–Trinajstić information content (AvgIpc) is 2.47. The van der Waals surface area contributed by atoms with Gasteiger partial charge in [-0.3, -0.25) is 0 Å². The van der Waals surface area contributed by atoms with Crippen LogP contribution in [-0.2, 0) is 10.2 Å². The summed E-state index contributed by atoms with van der Waals surface area (Å²) < 4.78 is 29.3. The molecule has 1 aliphatic rings. The Kier molecular flexibility index (Phi) is 8.73. The number of piperidine rings is 1. The summed E-state index contributed by atoms with van der Waals surface area (Å²) in [6, 6.07) is 0.0895. The Labute approximate surface area is 130 Å².